The molecule has 0 spiro atoms. The number of aromatic nitrogens is 2. The quantitative estimate of drug-likeness (QED) is 0.747. The predicted octanol–water partition coefficient (Wildman–Crippen LogP) is 2.86. The summed E-state index contributed by atoms with van der Waals surface area (Å²) in [5, 5.41) is 3.12. The molecular formula is C16H17N3O. The maximum Gasteiger partial charge on any atom is 0.146 e. The van der Waals surface area contributed by atoms with Gasteiger partial charge in [0.2, 0.25) is 0 Å². The second kappa shape index (κ2) is 5.75. The smallest absolute Gasteiger partial charge is 0.146 e. The first-order valence-corrected chi connectivity index (χ1v) is 6.65. The van der Waals surface area contributed by atoms with Crippen molar-refractivity contribution in [3.05, 3.63) is 59.9 Å². The second-order valence-corrected chi connectivity index (χ2v) is 4.66. The fourth-order valence-electron chi connectivity index (χ4n) is 2.13. The van der Waals surface area contributed by atoms with Gasteiger partial charge in [0.1, 0.15) is 18.2 Å². The summed E-state index contributed by atoms with van der Waals surface area (Å²) in [5.41, 5.74) is 3.24. The molecule has 4 nitrogen and oxygen atoms in total. The number of aromatic amines is 1. The Labute approximate surface area is 117 Å². The lowest BCUT2D eigenvalue weighted by Gasteiger charge is -2.05. The number of hydrogen-bond donors (Lipinski definition) is 2. The molecule has 2 aromatic carbocycles. The molecule has 0 saturated carbocycles. The number of H-pyrrole nitrogens is 1. The van der Waals surface area contributed by atoms with Crippen LogP contribution in [0.5, 0.6) is 5.75 Å². The molecular weight excluding hydrogens is 250 g/mol. The van der Waals surface area contributed by atoms with Crippen molar-refractivity contribution >= 4 is 11.0 Å². The maximum atomic E-state index is 5.74. The Hall–Kier alpha value is -2.33. The number of fused-ring (bicyclic) bond motifs is 1. The molecule has 0 unspecified atom stereocenters. The minimum absolute atomic E-state index is 0.444. The second-order valence-electron chi connectivity index (χ2n) is 4.66. The molecule has 0 saturated heterocycles. The zero-order valence-corrected chi connectivity index (χ0v) is 11.4. The van der Waals surface area contributed by atoms with E-state index in [1.165, 1.54) is 5.56 Å². The minimum Gasteiger partial charge on any atom is -0.486 e. The molecule has 0 fully saturated rings. The molecule has 3 rings (SSSR count). The monoisotopic (exact) mass is 267 g/mol. The number of rotatable bonds is 5. The number of ether oxygens (including phenoxy) is 1. The number of hydrogen-bond acceptors (Lipinski definition) is 3. The first kappa shape index (κ1) is 12.7. The lowest BCUT2D eigenvalue weighted by atomic mass is 10.2. The lowest BCUT2D eigenvalue weighted by Crippen LogP contribution is -2.04. The molecule has 1 aromatic heterocycles. The third kappa shape index (κ3) is 2.81. The highest BCUT2D eigenvalue weighted by Crippen LogP contribution is 2.15. The normalized spacial score (nSPS) is 10.8. The molecule has 4 heteroatoms. The first-order chi connectivity index (χ1) is 9.85. The van der Waals surface area contributed by atoms with Gasteiger partial charge in [-0.2, -0.15) is 0 Å². The van der Waals surface area contributed by atoms with E-state index in [0.29, 0.717) is 6.61 Å². The Kier molecular flexibility index (Phi) is 3.65. The van der Waals surface area contributed by atoms with E-state index in [-0.39, 0.29) is 0 Å². The summed E-state index contributed by atoms with van der Waals surface area (Å²) in [6, 6.07) is 16.1. The Balaban J connectivity index is 1.66. The van der Waals surface area contributed by atoms with Crippen LogP contribution in [0, 0.1) is 0 Å². The fraction of sp³-hybridized carbons (Fsp3) is 0.188. The van der Waals surface area contributed by atoms with Crippen LogP contribution >= 0.6 is 0 Å². The zero-order valence-electron chi connectivity index (χ0n) is 11.4. The van der Waals surface area contributed by atoms with Gasteiger partial charge in [-0.3, -0.25) is 0 Å². The Morgan fingerprint density at radius 3 is 2.65 bits per heavy atom. The third-order valence-electron chi connectivity index (χ3n) is 3.12. The van der Waals surface area contributed by atoms with Crippen molar-refractivity contribution in [2.45, 2.75) is 13.2 Å². The topological polar surface area (TPSA) is 49.9 Å². The predicted molar refractivity (Wildman–Crippen MR) is 79.6 cm³/mol. The van der Waals surface area contributed by atoms with Crippen LogP contribution in [-0.4, -0.2) is 17.0 Å². The van der Waals surface area contributed by atoms with Gasteiger partial charge < -0.3 is 15.0 Å². The minimum atomic E-state index is 0.444. The average Bonchev–Trinajstić information content (AvgIpc) is 2.90. The summed E-state index contributed by atoms with van der Waals surface area (Å²) in [7, 11) is 1.94. The van der Waals surface area contributed by atoms with E-state index in [1.807, 2.05) is 43.4 Å². The van der Waals surface area contributed by atoms with Gasteiger partial charge in [-0.15, -0.1) is 0 Å². The van der Waals surface area contributed by atoms with Gasteiger partial charge in [-0.1, -0.05) is 24.3 Å². The molecule has 0 amide bonds. The van der Waals surface area contributed by atoms with Gasteiger partial charge in [0.15, 0.2) is 0 Å². The third-order valence-corrected chi connectivity index (χ3v) is 3.12. The average molecular weight is 267 g/mol. The number of imidazole rings is 1. The van der Waals surface area contributed by atoms with E-state index in [4.69, 9.17) is 4.74 Å². The van der Waals surface area contributed by atoms with E-state index in [9.17, 15) is 0 Å². The standard InChI is InChI=1S/C16H17N3O/c1-17-10-12-6-8-13(9-7-12)20-11-16-18-14-4-2-3-5-15(14)19-16/h2-9,17H,10-11H2,1H3,(H,18,19). The van der Waals surface area contributed by atoms with Gasteiger partial charge in [0.05, 0.1) is 11.0 Å². The van der Waals surface area contributed by atoms with Crippen LogP contribution in [0.25, 0.3) is 11.0 Å². The van der Waals surface area contributed by atoms with Crippen molar-refractivity contribution in [2.24, 2.45) is 0 Å². The Morgan fingerprint density at radius 1 is 1.10 bits per heavy atom. The van der Waals surface area contributed by atoms with Crippen LogP contribution in [0.3, 0.4) is 0 Å². The lowest BCUT2D eigenvalue weighted by molar-refractivity contribution is 0.297. The molecule has 1 heterocycles. The van der Waals surface area contributed by atoms with Crippen molar-refractivity contribution in [3.63, 3.8) is 0 Å². The highest BCUT2D eigenvalue weighted by Gasteiger charge is 2.02. The summed E-state index contributed by atoms with van der Waals surface area (Å²) < 4.78 is 5.74. The number of para-hydroxylation sites is 2. The van der Waals surface area contributed by atoms with Crippen molar-refractivity contribution < 1.29 is 4.74 Å². The van der Waals surface area contributed by atoms with E-state index >= 15 is 0 Å². The van der Waals surface area contributed by atoms with E-state index in [2.05, 4.69) is 27.4 Å². The molecule has 20 heavy (non-hydrogen) atoms. The fourth-order valence-corrected chi connectivity index (χ4v) is 2.13. The highest BCUT2D eigenvalue weighted by atomic mass is 16.5. The van der Waals surface area contributed by atoms with Crippen LogP contribution < -0.4 is 10.1 Å². The zero-order chi connectivity index (χ0) is 13.8. The summed E-state index contributed by atoms with van der Waals surface area (Å²) in [5.74, 6) is 1.69. The van der Waals surface area contributed by atoms with E-state index in [0.717, 1.165) is 29.2 Å². The maximum absolute atomic E-state index is 5.74. The van der Waals surface area contributed by atoms with Gasteiger partial charge >= 0.3 is 0 Å². The van der Waals surface area contributed by atoms with E-state index in [1.54, 1.807) is 0 Å². The largest absolute Gasteiger partial charge is 0.486 e. The van der Waals surface area contributed by atoms with Crippen LogP contribution in [0.1, 0.15) is 11.4 Å². The molecule has 0 aliphatic heterocycles. The molecule has 0 atom stereocenters. The number of benzene rings is 2. The van der Waals surface area contributed by atoms with Gasteiger partial charge in [0.25, 0.3) is 0 Å². The SMILES string of the molecule is CNCc1ccc(OCc2nc3ccccc3[nH]2)cc1. The summed E-state index contributed by atoms with van der Waals surface area (Å²) in [6.45, 7) is 1.31. The van der Waals surface area contributed by atoms with Crippen molar-refractivity contribution in [3.8, 4) is 5.75 Å². The first-order valence-electron chi connectivity index (χ1n) is 6.65. The molecule has 0 bridgehead atoms. The van der Waals surface area contributed by atoms with Crippen LogP contribution in [0.15, 0.2) is 48.5 Å². The van der Waals surface area contributed by atoms with Crippen molar-refractivity contribution in [1.29, 1.82) is 0 Å². The molecule has 3 aromatic rings. The van der Waals surface area contributed by atoms with E-state index < -0.39 is 0 Å². The highest BCUT2D eigenvalue weighted by molar-refractivity contribution is 5.74. The molecule has 0 aliphatic rings. The van der Waals surface area contributed by atoms with Crippen molar-refractivity contribution in [1.82, 2.24) is 15.3 Å². The van der Waals surface area contributed by atoms with Crippen LogP contribution in [0.2, 0.25) is 0 Å². The van der Waals surface area contributed by atoms with Crippen LogP contribution in [0.4, 0.5) is 0 Å². The van der Waals surface area contributed by atoms with Crippen LogP contribution in [-0.2, 0) is 13.2 Å². The Morgan fingerprint density at radius 2 is 1.90 bits per heavy atom. The Bertz CT molecular complexity index is 655. The number of nitrogens with one attached hydrogen (secondary N) is 2. The van der Waals surface area contributed by atoms with Crippen molar-refractivity contribution in [2.75, 3.05) is 7.05 Å². The van der Waals surface area contributed by atoms with Gasteiger partial charge in [-0.05, 0) is 36.9 Å². The van der Waals surface area contributed by atoms with Gasteiger partial charge in [-0.25, -0.2) is 4.98 Å². The summed E-state index contributed by atoms with van der Waals surface area (Å²) in [4.78, 5) is 7.74. The molecule has 0 radical (unpaired) electrons. The molecule has 2 N–H and O–H groups in total. The molecule has 0 aliphatic carbocycles. The summed E-state index contributed by atoms with van der Waals surface area (Å²) in [6.07, 6.45) is 0. The summed E-state index contributed by atoms with van der Waals surface area (Å²) >= 11 is 0. The number of nitrogens with zero attached hydrogens (tertiary/aromatic N) is 1. The molecule has 102 valence electrons. The van der Waals surface area contributed by atoms with Gasteiger partial charge in [0, 0.05) is 6.54 Å².